The lowest BCUT2D eigenvalue weighted by atomic mass is 10.3. The first-order valence-electron chi connectivity index (χ1n) is 9.24. The van der Waals surface area contributed by atoms with E-state index in [2.05, 4.69) is 43.0 Å². The van der Waals surface area contributed by atoms with E-state index in [0.29, 0.717) is 24.9 Å². The van der Waals surface area contributed by atoms with Gasteiger partial charge in [0.2, 0.25) is 5.91 Å². The number of aromatic nitrogens is 4. The van der Waals surface area contributed by atoms with Crippen LogP contribution in [0, 0.1) is 6.92 Å². The van der Waals surface area contributed by atoms with Gasteiger partial charge in [-0.05, 0) is 26.0 Å². The molecule has 0 aromatic carbocycles. The fourth-order valence-corrected chi connectivity index (χ4v) is 2.46. The van der Waals surface area contributed by atoms with Crippen LogP contribution in [0.4, 0.5) is 5.82 Å². The van der Waals surface area contributed by atoms with Crippen LogP contribution < -0.4 is 16.0 Å². The monoisotopic (exact) mass is 372 g/mol. The van der Waals surface area contributed by atoms with Crippen molar-refractivity contribution >= 4 is 17.7 Å². The quantitative estimate of drug-likeness (QED) is 0.450. The Morgan fingerprint density at radius 2 is 2.11 bits per heavy atom. The second-order valence-corrected chi connectivity index (χ2v) is 5.94. The summed E-state index contributed by atoms with van der Waals surface area (Å²) in [6, 6.07) is 5.52. The van der Waals surface area contributed by atoms with E-state index < -0.39 is 0 Å². The molecule has 0 radical (unpaired) electrons. The van der Waals surface area contributed by atoms with Crippen molar-refractivity contribution in [2.45, 2.75) is 40.2 Å². The van der Waals surface area contributed by atoms with Gasteiger partial charge in [0.1, 0.15) is 18.0 Å². The first-order valence-corrected chi connectivity index (χ1v) is 9.24. The maximum absolute atomic E-state index is 12.0. The standard InChI is InChI=1S/C18H28N8O/c1-4-16-25-22-13-26(16)12-11-21-18(19-5-2)20-10-9-17(27)24-15-8-6-7-14(3)23-15/h6-8,13H,4-5,9-12H2,1-3H3,(H2,19,20,21)(H,23,24,27). The van der Waals surface area contributed by atoms with Crippen molar-refractivity contribution in [3.63, 3.8) is 0 Å². The van der Waals surface area contributed by atoms with Gasteiger partial charge in [-0.3, -0.25) is 9.79 Å². The SMILES string of the molecule is CCNC(=NCCC(=O)Nc1cccc(C)n1)NCCn1cnnc1CC. The number of aryl methyl sites for hydroxylation is 2. The van der Waals surface area contributed by atoms with Crippen LogP contribution in [0.5, 0.6) is 0 Å². The number of anilines is 1. The van der Waals surface area contributed by atoms with E-state index in [4.69, 9.17) is 0 Å². The van der Waals surface area contributed by atoms with Crippen molar-refractivity contribution < 1.29 is 4.79 Å². The number of pyridine rings is 1. The number of nitrogens with zero attached hydrogens (tertiary/aromatic N) is 5. The third kappa shape index (κ3) is 7.04. The van der Waals surface area contributed by atoms with Crippen LogP contribution in [-0.2, 0) is 17.8 Å². The van der Waals surface area contributed by atoms with Crippen molar-refractivity contribution in [1.29, 1.82) is 0 Å². The fraction of sp³-hybridized carbons (Fsp3) is 0.500. The van der Waals surface area contributed by atoms with Crippen LogP contribution in [-0.4, -0.2) is 51.2 Å². The highest BCUT2D eigenvalue weighted by Gasteiger charge is 2.05. The molecule has 2 aromatic heterocycles. The van der Waals surface area contributed by atoms with Crippen LogP contribution in [0.3, 0.4) is 0 Å². The number of hydrogen-bond acceptors (Lipinski definition) is 5. The van der Waals surface area contributed by atoms with E-state index in [-0.39, 0.29) is 12.3 Å². The van der Waals surface area contributed by atoms with Gasteiger partial charge in [0.25, 0.3) is 0 Å². The first-order chi connectivity index (χ1) is 13.1. The molecule has 0 unspecified atom stereocenters. The minimum atomic E-state index is -0.107. The Balaban J connectivity index is 1.77. The number of nitrogens with one attached hydrogen (secondary N) is 3. The summed E-state index contributed by atoms with van der Waals surface area (Å²) in [5.41, 5.74) is 0.865. The molecule has 3 N–H and O–H groups in total. The number of amides is 1. The number of guanidine groups is 1. The molecule has 0 atom stereocenters. The van der Waals surface area contributed by atoms with Crippen LogP contribution >= 0.6 is 0 Å². The molecule has 0 aliphatic carbocycles. The average Bonchev–Trinajstić information content (AvgIpc) is 3.09. The molecule has 9 nitrogen and oxygen atoms in total. The lowest BCUT2D eigenvalue weighted by Gasteiger charge is -2.12. The zero-order valence-electron chi connectivity index (χ0n) is 16.2. The van der Waals surface area contributed by atoms with E-state index in [0.717, 1.165) is 31.0 Å². The summed E-state index contributed by atoms with van der Waals surface area (Å²) in [6.07, 6.45) is 2.87. The van der Waals surface area contributed by atoms with E-state index in [9.17, 15) is 4.79 Å². The minimum absolute atomic E-state index is 0.107. The van der Waals surface area contributed by atoms with Gasteiger partial charge in [0.15, 0.2) is 5.96 Å². The normalized spacial score (nSPS) is 11.3. The zero-order chi connectivity index (χ0) is 19.5. The van der Waals surface area contributed by atoms with Crippen LogP contribution in [0.2, 0.25) is 0 Å². The number of hydrogen-bond donors (Lipinski definition) is 3. The lowest BCUT2D eigenvalue weighted by Crippen LogP contribution is -2.39. The zero-order valence-corrected chi connectivity index (χ0v) is 16.2. The highest BCUT2D eigenvalue weighted by molar-refractivity contribution is 5.90. The van der Waals surface area contributed by atoms with E-state index in [1.807, 2.05) is 30.5 Å². The Bertz CT molecular complexity index is 755. The topological polar surface area (TPSA) is 109 Å². The van der Waals surface area contributed by atoms with Gasteiger partial charge >= 0.3 is 0 Å². The first kappa shape index (κ1) is 20.3. The smallest absolute Gasteiger partial charge is 0.227 e. The van der Waals surface area contributed by atoms with Gasteiger partial charge in [-0.15, -0.1) is 10.2 Å². The molecule has 146 valence electrons. The summed E-state index contributed by atoms with van der Waals surface area (Å²) in [5, 5.41) is 17.2. The summed E-state index contributed by atoms with van der Waals surface area (Å²) in [5.74, 6) is 2.10. The predicted octanol–water partition coefficient (Wildman–Crippen LogP) is 1.13. The van der Waals surface area contributed by atoms with Crippen LogP contribution in [0.25, 0.3) is 0 Å². The van der Waals surface area contributed by atoms with Gasteiger partial charge < -0.3 is 20.5 Å². The third-order valence-electron chi connectivity index (χ3n) is 3.77. The summed E-state index contributed by atoms with van der Waals surface area (Å²) in [6.45, 7) is 8.52. The minimum Gasteiger partial charge on any atom is -0.357 e. The van der Waals surface area contributed by atoms with Crippen molar-refractivity contribution in [2.24, 2.45) is 4.99 Å². The lowest BCUT2D eigenvalue weighted by molar-refractivity contribution is -0.116. The molecule has 2 rings (SSSR count). The average molecular weight is 372 g/mol. The van der Waals surface area contributed by atoms with Gasteiger partial charge in [-0.1, -0.05) is 13.0 Å². The maximum atomic E-state index is 12.0. The highest BCUT2D eigenvalue weighted by Crippen LogP contribution is 2.04. The summed E-state index contributed by atoms with van der Waals surface area (Å²) >= 11 is 0. The van der Waals surface area contributed by atoms with Crippen molar-refractivity contribution in [2.75, 3.05) is 25.0 Å². The Morgan fingerprint density at radius 3 is 2.85 bits per heavy atom. The fourth-order valence-electron chi connectivity index (χ4n) is 2.46. The van der Waals surface area contributed by atoms with Crippen molar-refractivity contribution in [1.82, 2.24) is 30.4 Å². The molecule has 27 heavy (non-hydrogen) atoms. The molecule has 0 spiro atoms. The summed E-state index contributed by atoms with van der Waals surface area (Å²) in [7, 11) is 0. The number of carbonyl (C=O) groups is 1. The molecule has 0 saturated heterocycles. The van der Waals surface area contributed by atoms with Gasteiger partial charge in [0, 0.05) is 38.2 Å². The second kappa shape index (κ2) is 10.9. The van der Waals surface area contributed by atoms with Crippen molar-refractivity contribution in [3.8, 4) is 0 Å². The molecule has 0 saturated carbocycles. The summed E-state index contributed by atoms with van der Waals surface area (Å²) < 4.78 is 2.01. The Kier molecular flexibility index (Phi) is 8.21. The highest BCUT2D eigenvalue weighted by atomic mass is 16.1. The molecule has 0 aliphatic rings. The van der Waals surface area contributed by atoms with Crippen LogP contribution in [0.1, 0.15) is 31.8 Å². The van der Waals surface area contributed by atoms with Gasteiger partial charge in [0.05, 0.1) is 6.54 Å². The van der Waals surface area contributed by atoms with E-state index in [1.54, 1.807) is 12.4 Å². The second-order valence-electron chi connectivity index (χ2n) is 5.94. The number of rotatable bonds is 9. The third-order valence-corrected chi connectivity index (χ3v) is 3.77. The maximum Gasteiger partial charge on any atom is 0.227 e. The molecule has 1 amide bonds. The number of aliphatic imine (C=N–C) groups is 1. The number of carbonyl (C=O) groups excluding carboxylic acids is 1. The Hall–Kier alpha value is -2.97. The largest absolute Gasteiger partial charge is 0.357 e. The van der Waals surface area contributed by atoms with Crippen LogP contribution in [0.15, 0.2) is 29.5 Å². The molecule has 2 aromatic rings. The molecule has 0 aliphatic heterocycles. The molecule has 2 heterocycles. The predicted molar refractivity (Wildman–Crippen MR) is 106 cm³/mol. The van der Waals surface area contributed by atoms with Gasteiger partial charge in [-0.2, -0.15) is 0 Å². The van der Waals surface area contributed by atoms with E-state index >= 15 is 0 Å². The Labute approximate surface area is 159 Å². The van der Waals surface area contributed by atoms with Crippen molar-refractivity contribution in [3.05, 3.63) is 36.0 Å². The van der Waals surface area contributed by atoms with Gasteiger partial charge in [-0.25, -0.2) is 4.98 Å². The molecule has 9 heteroatoms. The Morgan fingerprint density at radius 1 is 1.26 bits per heavy atom. The van der Waals surface area contributed by atoms with E-state index in [1.165, 1.54) is 0 Å². The molecule has 0 fully saturated rings. The molecular weight excluding hydrogens is 344 g/mol. The molecular formula is C18H28N8O. The summed E-state index contributed by atoms with van der Waals surface area (Å²) in [4.78, 5) is 20.7. The molecule has 0 bridgehead atoms.